The highest BCUT2D eigenvalue weighted by molar-refractivity contribution is 5.95. The molecule has 1 aromatic carbocycles. The van der Waals surface area contributed by atoms with Gasteiger partial charge < -0.3 is 11.1 Å². The largest absolute Gasteiger partial charge is 0.398 e. The summed E-state index contributed by atoms with van der Waals surface area (Å²) in [6, 6.07) is 2.85. The molecule has 4 heteroatoms. The Morgan fingerprint density at radius 3 is 2.65 bits per heavy atom. The molecule has 1 amide bonds. The standard InChI is InChI=1S/C16H25FN2O/c1-4-5-6-7-8-11(2)19-16(20)13-9-14(17)12(3)15(18)10-13/h9-11H,4-8,18H2,1-3H3,(H,19,20). The van der Waals surface area contributed by atoms with Gasteiger partial charge in [-0.2, -0.15) is 0 Å². The van der Waals surface area contributed by atoms with Crippen LogP contribution in [-0.2, 0) is 0 Å². The van der Waals surface area contributed by atoms with Gasteiger partial charge in [0.2, 0.25) is 0 Å². The van der Waals surface area contributed by atoms with Crippen molar-refractivity contribution in [3.63, 3.8) is 0 Å². The number of carbonyl (C=O) groups excluding carboxylic acids is 1. The normalized spacial score (nSPS) is 12.2. The smallest absolute Gasteiger partial charge is 0.251 e. The van der Waals surface area contributed by atoms with Crippen LogP contribution in [0.1, 0.15) is 61.9 Å². The molecule has 0 bridgehead atoms. The summed E-state index contributed by atoms with van der Waals surface area (Å²) in [5.74, 6) is -0.704. The number of hydrogen-bond donors (Lipinski definition) is 2. The molecule has 3 nitrogen and oxygen atoms in total. The Morgan fingerprint density at radius 1 is 1.35 bits per heavy atom. The summed E-state index contributed by atoms with van der Waals surface area (Å²) >= 11 is 0. The summed E-state index contributed by atoms with van der Waals surface area (Å²) in [6.07, 6.45) is 5.64. The third kappa shape index (κ3) is 4.83. The first-order chi connectivity index (χ1) is 9.45. The van der Waals surface area contributed by atoms with Crippen molar-refractivity contribution in [2.45, 2.75) is 58.9 Å². The van der Waals surface area contributed by atoms with E-state index < -0.39 is 5.82 Å². The summed E-state index contributed by atoms with van der Waals surface area (Å²) in [7, 11) is 0. The van der Waals surface area contributed by atoms with Crippen molar-refractivity contribution < 1.29 is 9.18 Å². The van der Waals surface area contributed by atoms with Crippen LogP contribution in [0.2, 0.25) is 0 Å². The molecular formula is C16H25FN2O. The maximum Gasteiger partial charge on any atom is 0.251 e. The lowest BCUT2D eigenvalue weighted by atomic mass is 10.1. The third-order valence-electron chi connectivity index (χ3n) is 3.51. The molecule has 0 radical (unpaired) electrons. The van der Waals surface area contributed by atoms with E-state index in [1.54, 1.807) is 6.92 Å². The van der Waals surface area contributed by atoms with Crippen LogP contribution in [0.15, 0.2) is 12.1 Å². The molecule has 0 heterocycles. The van der Waals surface area contributed by atoms with Crippen LogP contribution in [0.25, 0.3) is 0 Å². The number of unbranched alkanes of at least 4 members (excludes halogenated alkanes) is 3. The highest BCUT2D eigenvalue weighted by Crippen LogP contribution is 2.17. The molecule has 1 unspecified atom stereocenters. The average molecular weight is 280 g/mol. The fourth-order valence-electron chi connectivity index (χ4n) is 2.09. The van der Waals surface area contributed by atoms with Crippen LogP contribution >= 0.6 is 0 Å². The van der Waals surface area contributed by atoms with E-state index in [9.17, 15) is 9.18 Å². The van der Waals surface area contributed by atoms with Crippen LogP contribution in [-0.4, -0.2) is 11.9 Å². The summed E-state index contributed by atoms with van der Waals surface area (Å²) in [4.78, 5) is 12.0. The van der Waals surface area contributed by atoms with Gasteiger partial charge in [0.15, 0.2) is 0 Å². The van der Waals surface area contributed by atoms with Gasteiger partial charge in [0.1, 0.15) is 5.82 Å². The molecule has 1 rings (SSSR count). The summed E-state index contributed by atoms with van der Waals surface area (Å²) in [6.45, 7) is 5.74. The van der Waals surface area contributed by atoms with E-state index in [1.807, 2.05) is 6.92 Å². The minimum atomic E-state index is -0.439. The van der Waals surface area contributed by atoms with Crippen LogP contribution in [0.3, 0.4) is 0 Å². The SMILES string of the molecule is CCCCCCC(C)NC(=O)c1cc(N)c(C)c(F)c1. The molecule has 0 aromatic heterocycles. The van der Waals surface area contributed by atoms with E-state index in [4.69, 9.17) is 5.73 Å². The predicted molar refractivity (Wildman–Crippen MR) is 81.2 cm³/mol. The van der Waals surface area contributed by atoms with Gasteiger partial charge in [-0.05, 0) is 32.4 Å². The molecule has 0 aliphatic rings. The van der Waals surface area contributed by atoms with Crippen molar-refractivity contribution in [2.75, 3.05) is 5.73 Å². The van der Waals surface area contributed by atoms with Crippen molar-refractivity contribution in [3.8, 4) is 0 Å². The minimum Gasteiger partial charge on any atom is -0.398 e. The van der Waals surface area contributed by atoms with E-state index >= 15 is 0 Å². The number of nitrogens with one attached hydrogen (secondary N) is 1. The lowest BCUT2D eigenvalue weighted by molar-refractivity contribution is 0.0937. The van der Waals surface area contributed by atoms with Crippen LogP contribution in [0, 0.1) is 12.7 Å². The lowest BCUT2D eigenvalue weighted by Crippen LogP contribution is -2.32. The fourth-order valence-corrected chi connectivity index (χ4v) is 2.09. The zero-order chi connectivity index (χ0) is 15.1. The van der Waals surface area contributed by atoms with Gasteiger partial charge in [-0.15, -0.1) is 0 Å². The monoisotopic (exact) mass is 280 g/mol. The molecule has 0 saturated carbocycles. The first kappa shape index (κ1) is 16.5. The molecule has 0 aliphatic carbocycles. The maximum atomic E-state index is 13.6. The molecule has 112 valence electrons. The molecule has 0 spiro atoms. The number of nitrogens with two attached hydrogens (primary N) is 1. The molecule has 20 heavy (non-hydrogen) atoms. The number of benzene rings is 1. The highest BCUT2D eigenvalue weighted by Gasteiger charge is 2.13. The van der Waals surface area contributed by atoms with Crippen LogP contribution in [0.4, 0.5) is 10.1 Å². The fraction of sp³-hybridized carbons (Fsp3) is 0.562. The van der Waals surface area contributed by atoms with Crippen molar-refractivity contribution in [1.82, 2.24) is 5.32 Å². The zero-order valence-corrected chi connectivity index (χ0v) is 12.6. The van der Waals surface area contributed by atoms with Crippen molar-refractivity contribution >= 4 is 11.6 Å². The Balaban J connectivity index is 2.54. The average Bonchev–Trinajstić information content (AvgIpc) is 2.40. The van der Waals surface area contributed by atoms with Gasteiger partial charge in [0.05, 0.1) is 0 Å². The first-order valence-electron chi connectivity index (χ1n) is 7.32. The van der Waals surface area contributed by atoms with E-state index in [2.05, 4.69) is 12.2 Å². The Morgan fingerprint density at radius 2 is 2.05 bits per heavy atom. The molecule has 0 aliphatic heterocycles. The minimum absolute atomic E-state index is 0.0879. The number of amides is 1. The highest BCUT2D eigenvalue weighted by atomic mass is 19.1. The number of nitrogen functional groups attached to an aromatic ring is 1. The predicted octanol–water partition coefficient (Wildman–Crippen LogP) is 3.81. The molecule has 1 atom stereocenters. The van der Waals surface area contributed by atoms with Gasteiger partial charge >= 0.3 is 0 Å². The Kier molecular flexibility index (Phi) is 6.49. The van der Waals surface area contributed by atoms with Gasteiger partial charge in [-0.25, -0.2) is 4.39 Å². The van der Waals surface area contributed by atoms with Gasteiger partial charge in [0.25, 0.3) is 5.91 Å². The van der Waals surface area contributed by atoms with Crippen molar-refractivity contribution in [3.05, 3.63) is 29.1 Å². The molecule has 0 fully saturated rings. The lowest BCUT2D eigenvalue weighted by Gasteiger charge is -2.14. The summed E-state index contributed by atoms with van der Waals surface area (Å²) in [5.41, 5.74) is 6.66. The summed E-state index contributed by atoms with van der Waals surface area (Å²) < 4.78 is 13.6. The summed E-state index contributed by atoms with van der Waals surface area (Å²) in [5, 5.41) is 2.89. The molecule has 1 aromatic rings. The second kappa shape index (κ2) is 7.88. The first-order valence-corrected chi connectivity index (χ1v) is 7.32. The topological polar surface area (TPSA) is 55.1 Å². The number of rotatable bonds is 7. The molecular weight excluding hydrogens is 255 g/mol. The number of halogens is 1. The molecule has 3 N–H and O–H groups in total. The van der Waals surface area contributed by atoms with Crippen molar-refractivity contribution in [1.29, 1.82) is 0 Å². The second-order valence-electron chi connectivity index (χ2n) is 5.40. The quantitative estimate of drug-likeness (QED) is 0.589. The van der Waals surface area contributed by atoms with Crippen molar-refractivity contribution in [2.24, 2.45) is 0 Å². The zero-order valence-electron chi connectivity index (χ0n) is 12.6. The Labute approximate surface area is 120 Å². The molecule has 0 saturated heterocycles. The van der Waals surface area contributed by atoms with Gasteiger partial charge in [0, 0.05) is 22.9 Å². The van der Waals surface area contributed by atoms with E-state index in [0.717, 1.165) is 12.8 Å². The maximum absolute atomic E-state index is 13.6. The van der Waals surface area contributed by atoms with Crippen LogP contribution in [0.5, 0.6) is 0 Å². The van der Waals surface area contributed by atoms with E-state index in [1.165, 1.54) is 31.4 Å². The number of carbonyl (C=O) groups is 1. The number of anilines is 1. The van der Waals surface area contributed by atoms with Gasteiger partial charge in [-0.1, -0.05) is 32.6 Å². The Bertz CT molecular complexity index is 437. The van der Waals surface area contributed by atoms with E-state index in [-0.39, 0.29) is 17.5 Å². The number of hydrogen-bond acceptors (Lipinski definition) is 2. The van der Waals surface area contributed by atoms with Crippen LogP contribution < -0.4 is 11.1 Å². The van der Waals surface area contributed by atoms with Gasteiger partial charge in [-0.3, -0.25) is 4.79 Å². The second-order valence-corrected chi connectivity index (χ2v) is 5.40. The van der Waals surface area contributed by atoms with E-state index in [0.29, 0.717) is 11.3 Å². The Hall–Kier alpha value is -1.58. The third-order valence-corrected chi connectivity index (χ3v) is 3.51.